The molecule has 0 saturated carbocycles. The van der Waals surface area contributed by atoms with Crippen molar-refractivity contribution in [1.29, 1.82) is 0 Å². The third kappa shape index (κ3) is 7.14. The molecule has 0 radical (unpaired) electrons. The van der Waals surface area contributed by atoms with Crippen molar-refractivity contribution in [2.45, 2.75) is 71.4 Å². The summed E-state index contributed by atoms with van der Waals surface area (Å²) in [6.45, 7) is 8.25. The zero-order chi connectivity index (χ0) is 22.1. The van der Waals surface area contributed by atoms with Crippen molar-refractivity contribution in [3.63, 3.8) is 0 Å². The molecule has 0 amide bonds. The first-order chi connectivity index (χ1) is 14.4. The Kier molecular flexibility index (Phi) is 9.38. The Morgan fingerprint density at radius 3 is 2.17 bits per heavy atom. The van der Waals surface area contributed by atoms with Crippen molar-refractivity contribution in [1.82, 2.24) is 0 Å². The number of halogens is 1. The predicted octanol–water partition coefficient (Wildman–Crippen LogP) is 7.24. The second-order valence-corrected chi connectivity index (χ2v) is 8.56. The van der Waals surface area contributed by atoms with E-state index in [2.05, 4.69) is 87.3 Å². The largest absolute Gasteiger partial charge is 0.281 e. The molecule has 0 heterocycles. The molecule has 2 aromatic carbocycles. The SMILES string of the molecule is CCCc1cc(CCc2ccc(C)cc2)cc(C(C)C2=CCC(C)(F)C=C2)c1.NS. The number of nitrogens with two attached hydrogens (primary N) is 1. The van der Waals surface area contributed by atoms with Crippen molar-refractivity contribution in [3.05, 3.63) is 94.1 Å². The Labute approximate surface area is 187 Å². The molecule has 0 bridgehead atoms. The minimum atomic E-state index is -1.20. The van der Waals surface area contributed by atoms with Gasteiger partial charge in [0.1, 0.15) is 5.67 Å². The normalized spacial score (nSPS) is 19.0. The van der Waals surface area contributed by atoms with Crippen LogP contribution in [-0.2, 0) is 19.3 Å². The maximum Gasteiger partial charge on any atom is 0.130 e. The van der Waals surface area contributed by atoms with Crippen molar-refractivity contribution >= 4 is 12.8 Å². The number of thiol groups is 1. The molecule has 2 atom stereocenters. The lowest BCUT2D eigenvalue weighted by Crippen LogP contribution is -2.16. The van der Waals surface area contributed by atoms with Gasteiger partial charge in [-0.25, -0.2) is 4.39 Å². The Morgan fingerprint density at radius 1 is 1.00 bits per heavy atom. The van der Waals surface area contributed by atoms with Crippen molar-refractivity contribution in [3.8, 4) is 0 Å². The highest BCUT2D eigenvalue weighted by atomic mass is 32.1. The van der Waals surface area contributed by atoms with E-state index in [1.807, 2.05) is 6.08 Å². The molecule has 1 aliphatic carbocycles. The number of hydrogen-bond donors (Lipinski definition) is 2. The minimum Gasteiger partial charge on any atom is -0.281 e. The fourth-order valence-electron chi connectivity index (χ4n) is 3.90. The molecule has 0 saturated heterocycles. The summed E-state index contributed by atoms with van der Waals surface area (Å²) < 4.78 is 14.1. The number of benzene rings is 2. The van der Waals surface area contributed by atoms with Gasteiger partial charge in [-0.3, -0.25) is 5.14 Å². The van der Waals surface area contributed by atoms with Crippen molar-refractivity contribution in [2.24, 2.45) is 5.14 Å². The van der Waals surface area contributed by atoms with E-state index < -0.39 is 5.67 Å². The van der Waals surface area contributed by atoms with Crippen LogP contribution in [0.1, 0.15) is 67.3 Å². The van der Waals surface area contributed by atoms with E-state index in [9.17, 15) is 4.39 Å². The van der Waals surface area contributed by atoms with Gasteiger partial charge in [-0.2, -0.15) is 0 Å². The molecule has 1 nitrogen and oxygen atoms in total. The molecule has 2 aromatic rings. The highest BCUT2D eigenvalue weighted by Crippen LogP contribution is 2.33. The van der Waals surface area contributed by atoms with Gasteiger partial charge in [0, 0.05) is 12.3 Å². The summed E-state index contributed by atoms with van der Waals surface area (Å²) in [5.74, 6) is 0.294. The van der Waals surface area contributed by atoms with E-state index in [1.54, 1.807) is 13.0 Å². The molecular formula is C27H36FNS. The van der Waals surface area contributed by atoms with Gasteiger partial charge >= 0.3 is 0 Å². The van der Waals surface area contributed by atoms with Crippen LogP contribution in [0.15, 0.2) is 66.3 Å². The first kappa shape index (κ1) is 24.4. The van der Waals surface area contributed by atoms with Crippen molar-refractivity contribution < 1.29 is 4.39 Å². The number of alkyl halides is 1. The number of allylic oxidation sites excluding steroid dienone is 4. The maximum atomic E-state index is 14.1. The lowest BCUT2D eigenvalue weighted by atomic mass is 9.84. The summed E-state index contributed by atoms with van der Waals surface area (Å²) in [5.41, 5.74) is 6.90. The molecule has 0 aromatic heterocycles. The van der Waals surface area contributed by atoms with Crippen LogP contribution in [-0.4, -0.2) is 5.67 Å². The topological polar surface area (TPSA) is 26.0 Å². The average Bonchev–Trinajstić information content (AvgIpc) is 2.74. The molecule has 0 fully saturated rings. The van der Waals surface area contributed by atoms with Gasteiger partial charge in [0.25, 0.3) is 0 Å². The van der Waals surface area contributed by atoms with Crippen LogP contribution in [0.5, 0.6) is 0 Å². The third-order valence-electron chi connectivity index (χ3n) is 5.80. The van der Waals surface area contributed by atoms with E-state index in [0.717, 1.165) is 25.7 Å². The second kappa shape index (κ2) is 11.5. The van der Waals surface area contributed by atoms with E-state index in [0.29, 0.717) is 12.3 Å². The van der Waals surface area contributed by atoms with Crippen LogP contribution in [0.2, 0.25) is 0 Å². The molecule has 30 heavy (non-hydrogen) atoms. The number of rotatable bonds is 7. The van der Waals surface area contributed by atoms with Crippen molar-refractivity contribution in [2.75, 3.05) is 0 Å². The van der Waals surface area contributed by atoms with Crippen LogP contribution in [0, 0.1) is 6.92 Å². The smallest absolute Gasteiger partial charge is 0.130 e. The van der Waals surface area contributed by atoms with E-state index in [-0.39, 0.29) is 0 Å². The van der Waals surface area contributed by atoms with Gasteiger partial charge in [0.2, 0.25) is 0 Å². The highest BCUT2D eigenvalue weighted by Gasteiger charge is 2.23. The summed E-state index contributed by atoms with van der Waals surface area (Å²) in [7, 11) is 0. The van der Waals surface area contributed by atoms with E-state index >= 15 is 0 Å². The third-order valence-corrected chi connectivity index (χ3v) is 5.80. The summed E-state index contributed by atoms with van der Waals surface area (Å²) in [4.78, 5) is 0. The van der Waals surface area contributed by atoms with E-state index in [4.69, 9.17) is 0 Å². The predicted molar refractivity (Wildman–Crippen MR) is 132 cm³/mol. The molecule has 2 N–H and O–H groups in total. The Balaban J connectivity index is 0.00000155. The lowest BCUT2D eigenvalue weighted by molar-refractivity contribution is 0.258. The second-order valence-electron chi connectivity index (χ2n) is 8.56. The summed E-state index contributed by atoms with van der Waals surface area (Å²) in [6.07, 6.45) is 10.6. The molecule has 1 aliphatic rings. The van der Waals surface area contributed by atoms with Gasteiger partial charge in [-0.1, -0.05) is 80.4 Å². The lowest BCUT2D eigenvalue weighted by Gasteiger charge is -2.23. The Morgan fingerprint density at radius 2 is 1.60 bits per heavy atom. The summed E-state index contributed by atoms with van der Waals surface area (Å²) >= 11 is 3.03. The first-order valence-corrected chi connectivity index (χ1v) is 11.4. The van der Waals surface area contributed by atoms with Gasteiger partial charge in [0.05, 0.1) is 0 Å². The number of hydrogen-bond acceptors (Lipinski definition) is 2. The summed E-state index contributed by atoms with van der Waals surface area (Å²) in [5, 5.41) is 4.19. The molecular weight excluding hydrogens is 389 g/mol. The standard InChI is InChI=1S/C27H33F.H3NS/c1-5-6-23-17-24(12-11-22-9-7-20(2)8-10-22)19-26(18-23)21(3)25-13-15-27(4,28)16-14-25;1-2/h7-10,13-15,17-19,21H,5-6,11-12,16H2,1-4H3;2H,1H2. The zero-order valence-electron chi connectivity index (χ0n) is 18.8. The zero-order valence-corrected chi connectivity index (χ0v) is 19.7. The van der Waals surface area contributed by atoms with Crippen LogP contribution in [0.3, 0.4) is 0 Å². The summed E-state index contributed by atoms with van der Waals surface area (Å²) in [6, 6.07) is 15.9. The van der Waals surface area contributed by atoms with Gasteiger partial charge in [0.15, 0.2) is 0 Å². The van der Waals surface area contributed by atoms with Crippen LogP contribution < -0.4 is 5.14 Å². The highest BCUT2D eigenvalue weighted by molar-refractivity contribution is 7.77. The fourth-order valence-corrected chi connectivity index (χ4v) is 3.90. The molecule has 3 rings (SSSR count). The van der Waals surface area contributed by atoms with Crippen LogP contribution in [0.25, 0.3) is 0 Å². The molecule has 2 unspecified atom stereocenters. The van der Waals surface area contributed by atoms with Crippen LogP contribution >= 0.6 is 12.8 Å². The monoisotopic (exact) mass is 425 g/mol. The Hall–Kier alpha value is -1.84. The maximum absolute atomic E-state index is 14.1. The molecule has 0 aliphatic heterocycles. The Bertz CT molecular complexity index is 865. The van der Waals surface area contributed by atoms with E-state index in [1.165, 1.54) is 33.4 Å². The van der Waals surface area contributed by atoms with Gasteiger partial charge in [-0.05, 0) is 67.0 Å². The molecule has 162 valence electrons. The van der Waals surface area contributed by atoms with Gasteiger partial charge < -0.3 is 0 Å². The molecule has 3 heteroatoms. The fraction of sp³-hybridized carbons (Fsp3) is 0.407. The first-order valence-electron chi connectivity index (χ1n) is 10.9. The minimum absolute atomic E-state index is 0.294. The average molecular weight is 426 g/mol. The van der Waals surface area contributed by atoms with Gasteiger partial charge in [-0.15, -0.1) is 12.8 Å². The molecule has 0 spiro atoms. The quantitative estimate of drug-likeness (QED) is 0.449. The van der Waals surface area contributed by atoms with Crippen LogP contribution in [0.4, 0.5) is 4.39 Å². The number of aryl methyl sites for hydroxylation is 4.